The lowest BCUT2D eigenvalue weighted by molar-refractivity contribution is -0.0496. The van der Waals surface area contributed by atoms with Crippen molar-refractivity contribution < 1.29 is 26.0 Å². The van der Waals surface area contributed by atoms with E-state index in [2.05, 4.69) is 15.6 Å². The van der Waals surface area contributed by atoms with Crippen LogP contribution in [0.3, 0.4) is 0 Å². The lowest BCUT2D eigenvalue weighted by atomic mass is 9.98. The second kappa shape index (κ2) is 11.3. The van der Waals surface area contributed by atoms with Crippen molar-refractivity contribution in [1.29, 1.82) is 0 Å². The van der Waals surface area contributed by atoms with E-state index in [-0.39, 0.29) is 48.8 Å². The molecule has 0 aliphatic carbocycles. The van der Waals surface area contributed by atoms with E-state index in [0.29, 0.717) is 42.6 Å². The minimum absolute atomic E-state index is 0. The third-order valence-corrected chi connectivity index (χ3v) is 6.24. The maximum atomic E-state index is 12.9. The molecule has 2 N–H and O–H groups in total. The van der Waals surface area contributed by atoms with Crippen LogP contribution in [-0.2, 0) is 16.4 Å². The van der Waals surface area contributed by atoms with E-state index in [1.165, 1.54) is 12.1 Å². The molecule has 0 bridgehead atoms. The highest BCUT2D eigenvalue weighted by Crippen LogP contribution is 2.30. The maximum absolute atomic E-state index is 12.9. The van der Waals surface area contributed by atoms with E-state index in [9.17, 15) is 26.0 Å². The highest BCUT2D eigenvalue weighted by molar-refractivity contribution is 14.0. The first-order valence-electron chi connectivity index (χ1n) is 8.89. The summed E-state index contributed by atoms with van der Waals surface area (Å²) >= 11 is 0. The molecule has 1 heterocycles. The van der Waals surface area contributed by atoms with Crippen LogP contribution in [0.4, 0.5) is 17.6 Å². The van der Waals surface area contributed by atoms with Crippen molar-refractivity contribution in [2.75, 3.05) is 33.2 Å². The number of sulfonamides is 1. The first-order chi connectivity index (χ1) is 13.1. The number of nitrogens with one attached hydrogen (secondary N) is 2. The topological polar surface area (TPSA) is 73.8 Å². The predicted molar refractivity (Wildman–Crippen MR) is 114 cm³/mol. The van der Waals surface area contributed by atoms with E-state index in [0.717, 1.165) is 5.56 Å². The van der Waals surface area contributed by atoms with Gasteiger partial charge < -0.3 is 10.6 Å². The monoisotopic (exact) mass is 552 g/mol. The Kier molecular flexibility index (Phi) is 10.1. The normalized spacial score (nSPS) is 16.9. The largest absolute Gasteiger partial charge is 0.511 e. The third kappa shape index (κ3) is 7.55. The second-order valence-electron chi connectivity index (χ2n) is 6.55. The van der Waals surface area contributed by atoms with Crippen LogP contribution in [-0.4, -0.2) is 57.4 Å². The van der Waals surface area contributed by atoms with Crippen molar-refractivity contribution in [3.63, 3.8) is 0 Å². The van der Waals surface area contributed by atoms with Gasteiger partial charge in [-0.3, -0.25) is 4.99 Å². The van der Waals surface area contributed by atoms with Crippen LogP contribution in [0, 0.1) is 11.7 Å². The van der Waals surface area contributed by atoms with Gasteiger partial charge in [-0.05, 0) is 42.9 Å². The lowest BCUT2D eigenvalue weighted by Gasteiger charge is -2.31. The van der Waals surface area contributed by atoms with Crippen LogP contribution >= 0.6 is 24.0 Å². The summed E-state index contributed by atoms with van der Waals surface area (Å²) in [5.41, 5.74) is -4.28. The number of benzene rings is 1. The van der Waals surface area contributed by atoms with Crippen molar-refractivity contribution in [1.82, 2.24) is 14.9 Å². The van der Waals surface area contributed by atoms with Crippen LogP contribution in [0.1, 0.15) is 18.4 Å². The zero-order chi connectivity index (χ0) is 20.8. The minimum Gasteiger partial charge on any atom is -0.356 e. The highest BCUT2D eigenvalue weighted by atomic mass is 127. The Morgan fingerprint density at radius 2 is 1.76 bits per heavy atom. The summed E-state index contributed by atoms with van der Waals surface area (Å²) in [5, 5.41) is 6.22. The minimum atomic E-state index is -5.26. The molecule has 29 heavy (non-hydrogen) atoms. The fourth-order valence-electron chi connectivity index (χ4n) is 2.94. The van der Waals surface area contributed by atoms with Gasteiger partial charge >= 0.3 is 15.5 Å². The molecule has 0 spiro atoms. The molecule has 12 heteroatoms. The van der Waals surface area contributed by atoms with Gasteiger partial charge in [0.05, 0.1) is 0 Å². The first kappa shape index (κ1) is 25.9. The summed E-state index contributed by atoms with van der Waals surface area (Å²) in [6, 6.07) is 6.20. The molecule has 1 aromatic carbocycles. The number of nitrogens with zero attached hydrogens (tertiary/aromatic N) is 2. The molecule has 0 aromatic heterocycles. The maximum Gasteiger partial charge on any atom is 0.511 e. The Morgan fingerprint density at radius 3 is 2.28 bits per heavy atom. The van der Waals surface area contributed by atoms with Gasteiger partial charge in [0.25, 0.3) is 0 Å². The molecular weight excluding hydrogens is 527 g/mol. The molecule has 0 unspecified atom stereocenters. The standard InChI is InChI=1S/C17H24F4N4O2S.HI/c1-22-16(23-9-6-13-2-4-15(18)5-3-13)24-12-14-7-10-25(11-8-14)28(26,27)17(19,20)21;/h2-5,14H,6-12H2,1H3,(H2,22,23,24);1H. The van der Waals surface area contributed by atoms with Crippen molar-refractivity contribution in [2.24, 2.45) is 10.9 Å². The summed E-state index contributed by atoms with van der Waals surface area (Å²) in [7, 11) is -3.64. The van der Waals surface area contributed by atoms with Gasteiger partial charge in [0.1, 0.15) is 5.82 Å². The molecule has 1 fully saturated rings. The molecule has 0 atom stereocenters. The molecule has 1 aromatic rings. The molecule has 166 valence electrons. The van der Waals surface area contributed by atoms with E-state index in [4.69, 9.17) is 0 Å². The van der Waals surface area contributed by atoms with E-state index in [1.54, 1.807) is 19.2 Å². The first-order valence-corrected chi connectivity index (χ1v) is 10.3. The zero-order valence-corrected chi connectivity index (χ0v) is 19.0. The van der Waals surface area contributed by atoms with Crippen LogP contribution in [0.25, 0.3) is 0 Å². The second-order valence-corrected chi connectivity index (χ2v) is 8.48. The number of rotatable bonds is 6. The Hall–Kier alpha value is -1.15. The van der Waals surface area contributed by atoms with Gasteiger partial charge in [0.2, 0.25) is 0 Å². The van der Waals surface area contributed by atoms with Gasteiger partial charge in [-0.15, -0.1) is 24.0 Å². The highest BCUT2D eigenvalue weighted by Gasteiger charge is 2.50. The Bertz CT molecular complexity index is 765. The molecule has 1 saturated heterocycles. The number of guanidine groups is 1. The summed E-state index contributed by atoms with van der Waals surface area (Å²) in [4.78, 5) is 4.08. The number of alkyl halides is 3. The van der Waals surface area contributed by atoms with Crippen molar-refractivity contribution in [3.8, 4) is 0 Å². The summed E-state index contributed by atoms with van der Waals surface area (Å²) in [6.07, 6.45) is 1.36. The van der Waals surface area contributed by atoms with Gasteiger partial charge in [-0.25, -0.2) is 12.8 Å². The number of piperidine rings is 1. The lowest BCUT2D eigenvalue weighted by Crippen LogP contribution is -2.47. The summed E-state index contributed by atoms with van der Waals surface area (Å²) < 4.78 is 74.0. The SMILES string of the molecule is CN=C(NCCc1ccc(F)cc1)NCC1CCN(S(=O)(=O)C(F)(F)F)CC1.I. The van der Waals surface area contributed by atoms with E-state index < -0.39 is 15.5 Å². The summed E-state index contributed by atoms with van der Waals surface area (Å²) in [5.74, 6) is 0.311. The Morgan fingerprint density at radius 1 is 1.17 bits per heavy atom. The predicted octanol–water partition coefficient (Wildman–Crippen LogP) is 2.71. The molecule has 1 aliphatic rings. The van der Waals surface area contributed by atoms with E-state index >= 15 is 0 Å². The van der Waals surface area contributed by atoms with Crippen molar-refractivity contribution in [3.05, 3.63) is 35.6 Å². The van der Waals surface area contributed by atoms with Crippen molar-refractivity contribution in [2.45, 2.75) is 24.8 Å². The van der Waals surface area contributed by atoms with Crippen LogP contribution in [0.2, 0.25) is 0 Å². The van der Waals surface area contributed by atoms with Crippen molar-refractivity contribution >= 4 is 40.0 Å². The Labute approximate surface area is 185 Å². The molecule has 6 nitrogen and oxygen atoms in total. The number of aliphatic imine (C=N–C) groups is 1. The average Bonchev–Trinajstić information content (AvgIpc) is 2.65. The molecule has 0 amide bonds. The number of hydrogen-bond acceptors (Lipinski definition) is 3. The fraction of sp³-hybridized carbons (Fsp3) is 0.588. The number of hydrogen-bond donors (Lipinski definition) is 2. The summed E-state index contributed by atoms with van der Waals surface area (Å²) in [6.45, 7) is 0.763. The van der Waals surface area contributed by atoms with Gasteiger partial charge in [-0.1, -0.05) is 12.1 Å². The molecule has 2 rings (SSSR count). The smallest absolute Gasteiger partial charge is 0.356 e. The quantitative estimate of drug-likeness (QED) is 0.247. The van der Waals surface area contributed by atoms with Gasteiger partial charge in [0, 0.05) is 33.2 Å². The molecule has 1 aliphatic heterocycles. The van der Waals surface area contributed by atoms with Crippen LogP contribution in [0.15, 0.2) is 29.3 Å². The van der Waals surface area contributed by atoms with E-state index in [1.807, 2.05) is 0 Å². The Balaban J connectivity index is 0.00000420. The van der Waals surface area contributed by atoms with Crippen LogP contribution in [0.5, 0.6) is 0 Å². The average molecular weight is 552 g/mol. The third-order valence-electron chi connectivity index (χ3n) is 4.61. The zero-order valence-electron chi connectivity index (χ0n) is 15.9. The number of halogens is 5. The molecule has 0 saturated carbocycles. The fourth-order valence-corrected chi connectivity index (χ4v) is 3.92. The van der Waals surface area contributed by atoms with Gasteiger partial charge in [0.15, 0.2) is 5.96 Å². The molecular formula is C17H25F4IN4O2S. The van der Waals surface area contributed by atoms with Crippen LogP contribution < -0.4 is 10.6 Å². The van der Waals surface area contributed by atoms with Gasteiger partial charge in [-0.2, -0.15) is 17.5 Å². The molecule has 0 radical (unpaired) electrons.